The van der Waals surface area contributed by atoms with Crippen molar-refractivity contribution in [1.82, 2.24) is 5.32 Å². The van der Waals surface area contributed by atoms with Crippen molar-refractivity contribution in [3.63, 3.8) is 0 Å². The summed E-state index contributed by atoms with van der Waals surface area (Å²) in [5.41, 5.74) is 6.53. The van der Waals surface area contributed by atoms with E-state index in [0.29, 0.717) is 6.54 Å². The highest BCUT2D eigenvalue weighted by molar-refractivity contribution is 7.10. The number of thiophene rings is 1. The smallest absolute Gasteiger partial charge is 0.236 e. The summed E-state index contributed by atoms with van der Waals surface area (Å²) in [5.74, 6) is -0.108. The molecule has 1 rings (SSSR count). The first-order valence-electron chi connectivity index (χ1n) is 4.17. The second-order valence-electron chi connectivity index (χ2n) is 3.07. The third kappa shape index (κ3) is 3.16. The molecule has 3 nitrogen and oxygen atoms in total. The van der Waals surface area contributed by atoms with E-state index in [4.69, 9.17) is 5.73 Å². The van der Waals surface area contributed by atoms with Gasteiger partial charge in [0, 0.05) is 11.4 Å². The van der Waals surface area contributed by atoms with Crippen LogP contribution in [0, 0.1) is 6.92 Å². The average molecular weight is 198 g/mol. The van der Waals surface area contributed by atoms with E-state index in [2.05, 4.69) is 11.4 Å². The Balaban J connectivity index is 2.39. The van der Waals surface area contributed by atoms with Gasteiger partial charge >= 0.3 is 0 Å². The van der Waals surface area contributed by atoms with Gasteiger partial charge in [0.2, 0.25) is 5.91 Å². The number of carbonyl (C=O) groups is 1. The highest BCUT2D eigenvalue weighted by Crippen LogP contribution is 2.12. The zero-order valence-corrected chi connectivity index (χ0v) is 8.65. The van der Waals surface area contributed by atoms with Gasteiger partial charge in [0.15, 0.2) is 0 Å². The number of nitrogens with two attached hydrogens (primary N) is 1. The zero-order chi connectivity index (χ0) is 9.84. The van der Waals surface area contributed by atoms with Crippen LogP contribution in [0.15, 0.2) is 11.4 Å². The molecule has 1 amide bonds. The van der Waals surface area contributed by atoms with Gasteiger partial charge in [-0.1, -0.05) is 0 Å². The Morgan fingerprint density at radius 3 is 2.92 bits per heavy atom. The lowest BCUT2D eigenvalue weighted by Gasteiger charge is -2.05. The van der Waals surface area contributed by atoms with Gasteiger partial charge in [-0.05, 0) is 30.9 Å². The van der Waals surface area contributed by atoms with Crippen LogP contribution in [0.3, 0.4) is 0 Å². The van der Waals surface area contributed by atoms with Crippen LogP contribution >= 0.6 is 11.3 Å². The first-order valence-corrected chi connectivity index (χ1v) is 5.05. The minimum Gasteiger partial charge on any atom is -0.351 e. The van der Waals surface area contributed by atoms with Crippen molar-refractivity contribution in [2.24, 2.45) is 5.73 Å². The average Bonchev–Trinajstić information content (AvgIpc) is 2.47. The van der Waals surface area contributed by atoms with Gasteiger partial charge in [-0.15, -0.1) is 11.3 Å². The molecule has 1 atom stereocenters. The largest absolute Gasteiger partial charge is 0.351 e. The van der Waals surface area contributed by atoms with Gasteiger partial charge in [-0.2, -0.15) is 0 Å². The fraction of sp³-hybridized carbons (Fsp3) is 0.444. The van der Waals surface area contributed by atoms with Crippen molar-refractivity contribution in [1.29, 1.82) is 0 Å². The van der Waals surface area contributed by atoms with Crippen LogP contribution in [0.2, 0.25) is 0 Å². The molecule has 0 radical (unpaired) electrons. The number of hydrogen-bond donors (Lipinski definition) is 2. The van der Waals surface area contributed by atoms with E-state index in [-0.39, 0.29) is 5.91 Å². The van der Waals surface area contributed by atoms with Crippen molar-refractivity contribution in [2.45, 2.75) is 26.4 Å². The van der Waals surface area contributed by atoms with E-state index in [0.717, 1.165) is 5.56 Å². The number of aryl methyl sites for hydroxylation is 1. The molecule has 1 heterocycles. The summed E-state index contributed by atoms with van der Waals surface area (Å²) < 4.78 is 0. The van der Waals surface area contributed by atoms with E-state index in [1.54, 1.807) is 18.3 Å². The van der Waals surface area contributed by atoms with Crippen molar-refractivity contribution in [3.05, 3.63) is 21.9 Å². The minimum absolute atomic E-state index is 0.108. The van der Waals surface area contributed by atoms with E-state index >= 15 is 0 Å². The minimum atomic E-state index is -0.431. The van der Waals surface area contributed by atoms with E-state index in [1.165, 1.54) is 4.88 Å². The Kier molecular flexibility index (Phi) is 3.45. The molecule has 0 aromatic carbocycles. The molecule has 0 aliphatic rings. The third-order valence-corrected chi connectivity index (χ3v) is 2.58. The summed E-state index contributed by atoms with van der Waals surface area (Å²) >= 11 is 1.68. The topological polar surface area (TPSA) is 55.1 Å². The Morgan fingerprint density at radius 2 is 2.46 bits per heavy atom. The molecular weight excluding hydrogens is 184 g/mol. The quantitative estimate of drug-likeness (QED) is 0.762. The lowest BCUT2D eigenvalue weighted by Crippen LogP contribution is -2.37. The van der Waals surface area contributed by atoms with Crippen LogP contribution in [-0.2, 0) is 11.3 Å². The molecular formula is C9H14N2OS. The first-order chi connectivity index (χ1) is 6.09. The molecule has 0 fully saturated rings. The highest BCUT2D eigenvalue weighted by atomic mass is 32.1. The van der Waals surface area contributed by atoms with Gasteiger partial charge in [0.1, 0.15) is 0 Å². The molecule has 0 saturated heterocycles. The Hall–Kier alpha value is -0.870. The lowest BCUT2D eigenvalue weighted by molar-refractivity contribution is -0.122. The molecule has 1 aromatic heterocycles. The van der Waals surface area contributed by atoms with Crippen LogP contribution in [0.5, 0.6) is 0 Å². The Bertz CT molecular complexity index is 294. The van der Waals surface area contributed by atoms with Crippen LogP contribution in [0.25, 0.3) is 0 Å². The molecule has 0 aliphatic carbocycles. The van der Waals surface area contributed by atoms with Gasteiger partial charge in [0.25, 0.3) is 0 Å². The molecule has 0 bridgehead atoms. The molecule has 4 heteroatoms. The fourth-order valence-corrected chi connectivity index (χ4v) is 1.65. The maximum absolute atomic E-state index is 11.1. The van der Waals surface area contributed by atoms with Crippen molar-refractivity contribution >= 4 is 17.2 Å². The summed E-state index contributed by atoms with van der Waals surface area (Å²) in [6.07, 6.45) is 0. The maximum Gasteiger partial charge on any atom is 0.236 e. The fourth-order valence-electron chi connectivity index (χ4n) is 0.941. The van der Waals surface area contributed by atoms with Gasteiger partial charge in [-0.3, -0.25) is 4.79 Å². The summed E-state index contributed by atoms with van der Waals surface area (Å²) in [7, 11) is 0. The SMILES string of the molecule is Cc1cc(CNC(=O)C(C)N)cs1. The monoisotopic (exact) mass is 198 g/mol. The summed E-state index contributed by atoms with van der Waals surface area (Å²) in [4.78, 5) is 12.3. The molecule has 0 saturated carbocycles. The predicted octanol–water partition coefficient (Wildman–Crippen LogP) is 1.02. The van der Waals surface area contributed by atoms with Gasteiger partial charge < -0.3 is 11.1 Å². The lowest BCUT2D eigenvalue weighted by atomic mass is 10.3. The maximum atomic E-state index is 11.1. The molecule has 13 heavy (non-hydrogen) atoms. The van der Waals surface area contributed by atoms with Crippen LogP contribution in [0.4, 0.5) is 0 Å². The second kappa shape index (κ2) is 4.39. The van der Waals surface area contributed by atoms with E-state index in [1.807, 2.05) is 12.3 Å². The number of amides is 1. The predicted molar refractivity (Wildman–Crippen MR) is 54.6 cm³/mol. The zero-order valence-electron chi connectivity index (χ0n) is 7.83. The van der Waals surface area contributed by atoms with E-state index < -0.39 is 6.04 Å². The number of hydrogen-bond acceptors (Lipinski definition) is 3. The van der Waals surface area contributed by atoms with Crippen LogP contribution < -0.4 is 11.1 Å². The van der Waals surface area contributed by atoms with Gasteiger partial charge in [-0.25, -0.2) is 0 Å². The Labute approximate surface area is 81.9 Å². The second-order valence-corrected chi connectivity index (χ2v) is 4.19. The molecule has 72 valence electrons. The first kappa shape index (κ1) is 10.2. The molecule has 3 N–H and O–H groups in total. The van der Waals surface area contributed by atoms with Gasteiger partial charge in [0.05, 0.1) is 6.04 Å². The van der Waals surface area contributed by atoms with E-state index in [9.17, 15) is 4.79 Å². The standard InChI is InChI=1S/C9H14N2OS/c1-6-3-8(5-13-6)4-11-9(12)7(2)10/h3,5,7H,4,10H2,1-2H3,(H,11,12). The normalized spacial score (nSPS) is 12.5. The number of carbonyl (C=O) groups excluding carboxylic acids is 1. The third-order valence-electron chi connectivity index (χ3n) is 1.67. The van der Waals surface area contributed by atoms with Crippen molar-refractivity contribution in [3.8, 4) is 0 Å². The molecule has 0 aliphatic heterocycles. The molecule has 1 unspecified atom stereocenters. The highest BCUT2D eigenvalue weighted by Gasteiger charge is 2.06. The van der Waals surface area contributed by atoms with Crippen molar-refractivity contribution < 1.29 is 4.79 Å². The van der Waals surface area contributed by atoms with Crippen molar-refractivity contribution in [2.75, 3.05) is 0 Å². The van der Waals surface area contributed by atoms with Crippen LogP contribution in [0.1, 0.15) is 17.4 Å². The number of rotatable bonds is 3. The molecule has 1 aromatic rings. The Morgan fingerprint density at radius 1 is 1.77 bits per heavy atom. The molecule has 0 spiro atoms. The number of nitrogens with one attached hydrogen (secondary N) is 1. The summed E-state index contributed by atoms with van der Waals surface area (Å²) in [6.45, 7) is 4.29. The van der Waals surface area contributed by atoms with Crippen LogP contribution in [-0.4, -0.2) is 11.9 Å². The summed E-state index contributed by atoms with van der Waals surface area (Å²) in [6, 6.07) is 1.63. The summed E-state index contributed by atoms with van der Waals surface area (Å²) in [5, 5.41) is 4.79.